The maximum Gasteiger partial charge on any atom is 0.415 e. The number of benzene rings is 1. The van der Waals surface area contributed by atoms with Gasteiger partial charge in [0.2, 0.25) is 0 Å². The van der Waals surface area contributed by atoms with Gasteiger partial charge in [0, 0.05) is 12.6 Å². The number of hydrogen-bond donors (Lipinski definition) is 2. The van der Waals surface area contributed by atoms with Crippen LogP contribution in [-0.4, -0.2) is 23.9 Å². The summed E-state index contributed by atoms with van der Waals surface area (Å²) in [6.07, 6.45) is -7.20. The number of nitrogens with one attached hydrogen (secondary N) is 1. The van der Waals surface area contributed by atoms with E-state index in [-0.39, 0.29) is 0 Å². The molecule has 2 N–H and O–H groups in total. The van der Waals surface area contributed by atoms with E-state index in [1.54, 1.807) is 0 Å². The highest BCUT2D eigenvalue weighted by Crippen LogP contribution is 2.21. The van der Waals surface area contributed by atoms with Crippen molar-refractivity contribution in [2.24, 2.45) is 0 Å². The van der Waals surface area contributed by atoms with Crippen LogP contribution in [0.4, 0.5) is 22.0 Å². The first-order valence-corrected chi connectivity index (χ1v) is 5.15. The molecule has 102 valence electrons. The van der Waals surface area contributed by atoms with E-state index in [9.17, 15) is 22.0 Å². The third kappa shape index (κ3) is 3.92. The Balaban J connectivity index is 2.60. The Morgan fingerprint density at radius 3 is 2.33 bits per heavy atom. The molecule has 0 bridgehead atoms. The van der Waals surface area contributed by atoms with E-state index < -0.39 is 36.5 Å². The Morgan fingerprint density at radius 2 is 1.83 bits per heavy atom. The molecular formula is C11H12F5NO. The van der Waals surface area contributed by atoms with Gasteiger partial charge >= 0.3 is 6.18 Å². The van der Waals surface area contributed by atoms with Crippen LogP contribution >= 0.6 is 0 Å². The van der Waals surface area contributed by atoms with Crippen LogP contribution in [0.25, 0.3) is 0 Å². The molecule has 2 atom stereocenters. The molecule has 1 aromatic rings. The molecule has 1 aromatic carbocycles. The maximum atomic E-state index is 12.9. The molecular weight excluding hydrogens is 257 g/mol. The maximum absolute atomic E-state index is 12.9. The second-order valence-corrected chi connectivity index (χ2v) is 3.86. The van der Waals surface area contributed by atoms with Crippen molar-refractivity contribution in [1.29, 1.82) is 0 Å². The lowest BCUT2D eigenvalue weighted by Gasteiger charge is -2.19. The second kappa shape index (κ2) is 5.62. The predicted octanol–water partition coefficient (Wildman–Crippen LogP) is 2.54. The molecule has 0 radical (unpaired) electrons. The zero-order valence-electron chi connectivity index (χ0n) is 9.43. The third-order valence-electron chi connectivity index (χ3n) is 2.44. The number of aliphatic hydroxyl groups is 1. The summed E-state index contributed by atoms with van der Waals surface area (Å²) in [7, 11) is 0. The Labute approximate surface area is 100 Å². The summed E-state index contributed by atoms with van der Waals surface area (Å²) in [5.41, 5.74) is 0.295. The lowest BCUT2D eigenvalue weighted by molar-refractivity contribution is -0.202. The summed E-state index contributed by atoms with van der Waals surface area (Å²) in [4.78, 5) is 0. The largest absolute Gasteiger partial charge is 0.415 e. The molecule has 1 rings (SSSR count). The first-order chi connectivity index (χ1) is 8.21. The van der Waals surface area contributed by atoms with Gasteiger partial charge in [0.25, 0.3) is 0 Å². The van der Waals surface area contributed by atoms with Crippen molar-refractivity contribution >= 4 is 0 Å². The Morgan fingerprint density at radius 1 is 1.22 bits per heavy atom. The van der Waals surface area contributed by atoms with Gasteiger partial charge in [-0.1, -0.05) is 6.07 Å². The minimum Gasteiger partial charge on any atom is -0.382 e. The molecule has 0 aliphatic rings. The Bertz CT molecular complexity index is 407. The van der Waals surface area contributed by atoms with Gasteiger partial charge in [0.05, 0.1) is 0 Å². The smallest absolute Gasteiger partial charge is 0.382 e. The first kappa shape index (κ1) is 14.8. The topological polar surface area (TPSA) is 32.3 Å². The summed E-state index contributed by atoms with van der Waals surface area (Å²) in [6.45, 7) is 0.763. The summed E-state index contributed by atoms with van der Waals surface area (Å²) in [5.74, 6) is -2.10. The Hall–Kier alpha value is -1.21. The van der Waals surface area contributed by atoms with Crippen molar-refractivity contribution in [3.63, 3.8) is 0 Å². The quantitative estimate of drug-likeness (QED) is 0.823. The van der Waals surface area contributed by atoms with Gasteiger partial charge in [-0.2, -0.15) is 13.2 Å². The van der Waals surface area contributed by atoms with Crippen LogP contribution in [-0.2, 0) is 0 Å². The van der Waals surface area contributed by atoms with Crippen molar-refractivity contribution in [1.82, 2.24) is 5.32 Å². The summed E-state index contributed by atoms with van der Waals surface area (Å²) < 4.78 is 61.6. The SMILES string of the molecule is CC(NCC(O)C(F)(F)F)c1ccc(F)c(F)c1. The highest BCUT2D eigenvalue weighted by atomic mass is 19.4. The normalized spacial score (nSPS) is 15.5. The average molecular weight is 269 g/mol. The molecule has 0 spiro atoms. The fourth-order valence-electron chi connectivity index (χ4n) is 1.30. The van der Waals surface area contributed by atoms with Crippen molar-refractivity contribution in [3.8, 4) is 0 Å². The molecule has 2 nitrogen and oxygen atoms in total. The minimum absolute atomic E-state index is 0.295. The van der Waals surface area contributed by atoms with E-state index in [4.69, 9.17) is 5.11 Å². The molecule has 0 aliphatic carbocycles. The fraction of sp³-hybridized carbons (Fsp3) is 0.455. The molecule has 2 unspecified atom stereocenters. The van der Waals surface area contributed by atoms with E-state index in [1.807, 2.05) is 0 Å². The van der Waals surface area contributed by atoms with Gasteiger partial charge in [0.15, 0.2) is 17.7 Å². The van der Waals surface area contributed by atoms with Gasteiger partial charge in [-0.3, -0.25) is 0 Å². The van der Waals surface area contributed by atoms with Gasteiger partial charge < -0.3 is 10.4 Å². The van der Waals surface area contributed by atoms with Crippen LogP contribution < -0.4 is 5.32 Å². The van der Waals surface area contributed by atoms with Crippen LogP contribution in [0.1, 0.15) is 18.5 Å². The lowest BCUT2D eigenvalue weighted by atomic mass is 10.1. The van der Waals surface area contributed by atoms with Crippen molar-refractivity contribution in [2.75, 3.05) is 6.54 Å². The number of aliphatic hydroxyl groups excluding tert-OH is 1. The molecule has 0 fully saturated rings. The molecule has 7 heteroatoms. The molecule has 0 saturated carbocycles. The third-order valence-corrected chi connectivity index (χ3v) is 2.44. The van der Waals surface area contributed by atoms with Gasteiger partial charge in [-0.25, -0.2) is 8.78 Å². The van der Waals surface area contributed by atoms with Gasteiger partial charge in [-0.05, 0) is 24.6 Å². The molecule has 0 aromatic heterocycles. The van der Waals surface area contributed by atoms with Gasteiger partial charge in [-0.15, -0.1) is 0 Å². The van der Waals surface area contributed by atoms with E-state index >= 15 is 0 Å². The van der Waals surface area contributed by atoms with Crippen LogP contribution in [0.3, 0.4) is 0 Å². The summed E-state index contributed by atoms with van der Waals surface area (Å²) in [5, 5.41) is 11.2. The van der Waals surface area contributed by atoms with Crippen molar-refractivity contribution in [3.05, 3.63) is 35.4 Å². The van der Waals surface area contributed by atoms with Crippen LogP contribution in [0, 0.1) is 11.6 Å². The fourth-order valence-corrected chi connectivity index (χ4v) is 1.30. The predicted molar refractivity (Wildman–Crippen MR) is 54.8 cm³/mol. The van der Waals surface area contributed by atoms with E-state index in [2.05, 4.69) is 5.32 Å². The monoisotopic (exact) mass is 269 g/mol. The van der Waals surface area contributed by atoms with Crippen LogP contribution in [0.15, 0.2) is 18.2 Å². The van der Waals surface area contributed by atoms with Crippen LogP contribution in [0.2, 0.25) is 0 Å². The van der Waals surface area contributed by atoms with Crippen molar-refractivity contribution in [2.45, 2.75) is 25.2 Å². The molecule has 0 amide bonds. The number of hydrogen-bond acceptors (Lipinski definition) is 2. The Kier molecular flexibility index (Phi) is 4.64. The number of rotatable bonds is 4. The minimum atomic E-state index is -4.71. The molecule has 0 saturated heterocycles. The zero-order chi connectivity index (χ0) is 13.9. The molecule has 0 heterocycles. The average Bonchev–Trinajstić information content (AvgIpc) is 2.27. The van der Waals surface area contributed by atoms with Crippen molar-refractivity contribution < 1.29 is 27.1 Å². The van der Waals surface area contributed by atoms with E-state index in [0.29, 0.717) is 5.56 Å². The van der Waals surface area contributed by atoms with E-state index in [1.165, 1.54) is 13.0 Å². The first-order valence-electron chi connectivity index (χ1n) is 5.15. The lowest BCUT2D eigenvalue weighted by Crippen LogP contribution is -2.39. The number of halogens is 5. The molecule has 18 heavy (non-hydrogen) atoms. The van der Waals surface area contributed by atoms with E-state index in [0.717, 1.165) is 12.1 Å². The van der Waals surface area contributed by atoms with Crippen LogP contribution in [0.5, 0.6) is 0 Å². The highest BCUT2D eigenvalue weighted by molar-refractivity contribution is 5.20. The summed E-state index contributed by atoms with van der Waals surface area (Å²) >= 11 is 0. The summed E-state index contributed by atoms with van der Waals surface area (Å²) in [6, 6.07) is 2.41. The highest BCUT2D eigenvalue weighted by Gasteiger charge is 2.37. The standard InChI is InChI=1S/C11H12F5NO/c1-6(17-5-10(18)11(14,15)16)7-2-3-8(12)9(13)4-7/h2-4,6,10,17-18H,5H2,1H3. The van der Waals surface area contributed by atoms with Gasteiger partial charge in [0.1, 0.15) is 0 Å². The second-order valence-electron chi connectivity index (χ2n) is 3.86. The zero-order valence-corrected chi connectivity index (χ0v) is 9.43. The number of alkyl halides is 3. The molecule has 0 aliphatic heterocycles.